The molecule has 2 rings (SSSR count). The lowest BCUT2D eigenvalue weighted by Crippen LogP contribution is -2.21. The highest BCUT2D eigenvalue weighted by Gasteiger charge is 2.33. The fourth-order valence-electron chi connectivity index (χ4n) is 2.23. The summed E-state index contributed by atoms with van der Waals surface area (Å²) in [6.45, 7) is 1.05. The number of nitrogens with two attached hydrogens (primary N) is 1. The maximum atomic E-state index is 13.0. The quantitative estimate of drug-likeness (QED) is 0.892. The molecular weight excluding hydrogens is 253 g/mol. The van der Waals surface area contributed by atoms with Gasteiger partial charge < -0.3 is 10.6 Å². The van der Waals surface area contributed by atoms with Gasteiger partial charge in [0.2, 0.25) is 0 Å². The van der Waals surface area contributed by atoms with Crippen LogP contribution in [0.3, 0.4) is 0 Å². The summed E-state index contributed by atoms with van der Waals surface area (Å²) in [5.74, 6) is 0.642. The van der Waals surface area contributed by atoms with Gasteiger partial charge in [-0.2, -0.15) is 13.2 Å². The lowest BCUT2D eigenvalue weighted by Gasteiger charge is -2.22. The van der Waals surface area contributed by atoms with Crippen molar-refractivity contribution in [2.24, 2.45) is 11.7 Å². The van der Waals surface area contributed by atoms with Gasteiger partial charge in [0, 0.05) is 19.3 Å². The van der Waals surface area contributed by atoms with Crippen LogP contribution in [0.15, 0.2) is 18.2 Å². The maximum Gasteiger partial charge on any atom is 0.416 e. The SMILES string of the molecule is CN(CC1CC1)c1ccc(CCN)c(C(F)(F)F)c1. The van der Waals surface area contributed by atoms with E-state index in [4.69, 9.17) is 5.73 Å². The minimum atomic E-state index is -4.32. The standard InChI is InChI=1S/C14H19F3N2/c1-19(9-10-2-3-10)12-5-4-11(6-7-18)13(8-12)14(15,16)17/h4-5,8,10H,2-3,6-7,9,18H2,1H3. The van der Waals surface area contributed by atoms with E-state index < -0.39 is 11.7 Å². The van der Waals surface area contributed by atoms with Gasteiger partial charge in [0.05, 0.1) is 5.56 Å². The van der Waals surface area contributed by atoms with Crippen molar-refractivity contribution in [3.8, 4) is 0 Å². The molecule has 5 heteroatoms. The summed E-state index contributed by atoms with van der Waals surface area (Å²) in [5, 5.41) is 0. The minimum Gasteiger partial charge on any atom is -0.374 e. The number of alkyl halides is 3. The van der Waals surface area contributed by atoms with Crippen LogP contribution in [0.5, 0.6) is 0 Å². The van der Waals surface area contributed by atoms with Gasteiger partial charge in [0.1, 0.15) is 0 Å². The highest BCUT2D eigenvalue weighted by atomic mass is 19.4. The molecule has 0 unspecified atom stereocenters. The molecule has 19 heavy (non-hydrogen) atoms. The summed E-state index contributed by atoms with van der Waals surface area (Å²) in [7, 11) is 1.84. The van der Waals surface area contributed by atoms with E-state index in [0.29, 0.717) is 11.6 Å². The molecule has 0 saturated heterocycles. The van der Waals surface area contributed by atoms with Crippen molar-refractivity contribution in [2.45, 2.75) is 25.4 Å². The van der Waals surface area contributed by atoms with Crippen LogP contribution in [-0.2, 0) is 12.6 Å². The monoisotopic (exact) mass is 272 g/mol. The molecule has 1 aliphatic rings. The van der Waals surface area contributed by atoms with E-state index in [1.807, 2.05) is 11.9 Å². The molecular formula is C14H19F3N2. The van der Waals surface area contributed by atoms with Crippen LogP contribution in [0.1, 0.15) is 24.0 Å². The molecule has 0 aliphatic heterocycles. The average Bonchev–Trinajstić information content (AvgIpc) is 3.12. The second-order valence-electron chi connectivity index (χ2n) is 5.20. The van der Waals surface area contributed by atoms with Crippen LogP contribution in [0.4, 0.5) is 18.9 Å². The Morgan fingerprint density at radius 3 is 2.53 bits per heavy atom. The Kier molecular flexibility index (Phi) is 4.04. The third kappa shape index (κ3) is 3.62. The van der Waals surface area contributed by atoms with Crippen LogP contribution < -0.4 is 10.6 Å². The van der Waals surface area contributed by atoms with E-state index in [-0.39, 0.29) is 18.5 Å². The molecule has 1 aromatic rings. The van der Waals surface area contributed by atoms with E-state index in [1.54, 1.807) is 12.1 Å². The van der Waals surface area contributed by atoms with Crippen molar-refractivity contribution in [3.63, 3.8) is 0 Å². The second kappa shape index (κ2) is 5.41. The van der Waals surface area contributed by atoms with Crippen LogP contribution in [0, 0.1) is 5.92 Å². The Morgan fingerprint density at radius 2 is 2.00 bits per heavy atom. The van der Waals surface area contributed by atoms with Crippen molar-refractivity contribution in [1.29, 1.82) is 0 Å². The predicted octanol–water partition coefficient (Wildman–Crippen LogP) is 3.05. The van der Waals surface area contributed by atoms with Crippen molar-refractivity contribution < 1.29 is 13.2 Å². The molecule has 1 saturated carbocycles. The summed E-state index contributed by atoms with van der Waals surface area (Å²) in [4.78, 5) is 1.90. The molecule has 0 heterocycles. The van der Waals surface area contributed by atoms with Crippen molar-refractivity contribution >= 4 is 5.69 Å². The molecule has 2 nitrogen and oxygen atoms in total. The normalized spacial score (nSPS) is 15.6. The van der Waals surface area contributed by atoms with Gasteiger partial charge in [-0.25, -0.2) is 0 Å². The first-order chi connectivity index (χ1) is 8.91. The Hall–Kier alpha value is -1.23. The number of anilines is 1. The Labute approximate surface area is 111 Å². The van der Waals surface area contributed by atoms with Crippen LogP contribution in [0.25, 0.3) is 0 Å². The average molecular weight is 272 g/mol. The lowest BCUT2D eigenvalue weighted by atomic mass is 10.0. The molecule has 1 fully saturated rings. The first kappa shape index (κ1) is 14.2. The van der Waals surface area contributed by atoms with Gasteiger partial charge in [0.25, 0.3) is 0 Å². The third-order valence-corrected chi connectivity index (χ3v) is 3.48. The Bertz CT molecular complexity index is 439. The smallest absolute Gasteiger partial charge is 0.374 e. The fraction of sp³-hybridized carbons (Fsp3) is 0.571. The van der Waals surface area contributed by atoms with E-state index >= 15 is 0 Å². The van der Waals surface area contributed by atoms with E-state index in [0.717, 1.165) is 6.54 Å². The zero-order valence-corrected chi connectivity index (χ0v) is 11.0. The van der Waals surface area contributed by atoms with Gasteiger partial charge in [-0.3, -0.25) is 0 Å². The van der Waals surface area contributed by atoms with Gasteiger partial charge in [-0.15, -0.1) is 0 Å². The highest BCUT2D eigenvalue weighted by Crippen LogP contribution is 2.36. The summed E-state index contributed by atoms with van der Waals surface area (Å²) < 4.78 is 39.1. The van der Waals surface area contributed by atoms with Gasteiger partial charge in [-0.1, -0.05) is 6.07 Å². The summed E-state index contributed by atoms with van der Waals surface area (Å²) in [6, 6.07) is 4.55. The Morgan fingerprint density at radius 1 is 1.32 bits per heavy atom. The number of rotatable bonds is 5. The summed E-state index contributed by atoms with van der Waals surface area (Å²) in [6.07, 6.45) is -1.70. The molecule has 0 atom stereocenters. The van der Waals surface area contributed by atoms with Gasteiger partial charge >= 0.3 is 6.18 Å². The van der Waals surface area contributed by atoms with Gasteiger partial charge in [0.15, 0.2) is 0 Å². The number of hydrogen-bond donors (Lipinski definition) is 1. The second-order valence-corrected chi connectivity index (χ2v) is 5.20. The van der Waals surface area contributed by atoms with Crippen LogP contribution >= 0.6 is 0 Å². The molecule has 106 valence electrons. The maximum absolute atomic E-state index is 13.0. The minimum absolute atomic E-state index is 0.223. The van der Waals surface area contributed by atoms with Gasteiger partial charge in [-0.05, 0) is 49.4 Å². The third-order valence-electron chi connectivity index (χ3n) is 3.48. The van der Waals surface area contributed by atoms with Crippen LogP contribution in [0.2, 0.25) is 0 Å². The van der Waals surface area contributed by atoms with Crippen molar-refractivity contribution in [1.82, 2.24) is 0 Å². The Balaban J connectivity index is 2.25. The first-order valence-electron chi connectivity index (χ1n) is 6.53. The van der Waals surface area contributed by atoms with E-state index in [1.165, 1.54) is 18.9 Å². The predicted molar refractivity (Wildman–Crippen MR) is 70.2 cm³/mol. The van der Waals surface area contributed by atoms with Crippen molar-refractivity contribution in [3.05, 3.63) is 29.3 Å². The molecule has 1 aliphatic carbocycles. The summed E-state index contributed by atoms with van der Waals surface area (Å²) in [5.41, 5.74) is 5.71. The molecule has 0 radical (unpaired) electrons. The largest absolute Gasteiger partial charge is 0.416 e. The lowest BCUT2D eigenvalue weighted by molar-refractivity contribution is -0.138. The molecule has 0 bridgehead atoms. The fourth-order valence-corrected chi connectivity index (χ4v) is 2.23. The first-order valence-corrected chi connectivity index (χ1v) is 6.53. The number of hydrogen-bond acceptors (Lipinski definition) is 2. The molecule has 0 spiro atoms. The highest BCUT2D eigenvalue weighted by molar-refractivity contribution is 5.51. The number of nitrogens with zero attached hydrogens (tertiary/aromatic N) is 1. The van der Waals surface area contributed by atoms with E-state index in [9.17, 15) is 13.2 Å². The topological polar surface area (TPSA) is 29.3 Å². The summed E-state index contributed by atoms with van der Waals surface area (Å²) >= 11 is 0. The van der Waals surface area contributed by atoms with Crippen LogP contribution in [-0.4, -0.2) is 20.1 Å². The molecule has 1 aromatic carbocycles. The van der Waals surface area contributed by atoms with E-state index in [2.05, 4.69) is 0 Å². The molecule has 0 aromatic heterocycles. The van der Waals surface area contributed by atoms with Crippen molar-refractivity contribution in [2.75, 3.05) is 25.0 Å². The molecule has 2 N–H and O–H groups in total. The number of halogens is 3. The molecule has 0 amide bonds. The zero-order valence-electron chi connectivity index (χ0n) is 11.0. The zero-order chi connectivity index (χ0) is 14.0. The number of benzene rings is 1.